The first-order valence-corrected chi connectivity index (χ1v) is 3.39. The van der Waals surface area contributed by atoms with Crippen LogP contribution in [0.5, 0.6) is 0 Å². The molecule has 0 unspecified atom stereocenters. The zero-order chi connectivity index (χ0) is 8.27. The molecule has 3 nitrogen and oxygen atoms in total. The molecule has 0 aromatic heterocycles. The number of carbonyl (C=O) groups is 1. The first kappa shape index (κ1) is 7.94. The summed E-state index contributed by atoms with van der Waals surface area (Å²) in [5.74, 6) is 0. The van der Waals surface area contributed by atoms with Gasteiger partial charge in [-0.25, -0.2) is 9.10 Å². The second-order valence-corrected chi connectivity index (χ2v) is 2.33. The van der Waals surface area contributed by atoms with Crippen LogP contribution < -0.4 is 4.31 Å². The minimum atomic E-state index is -1.08. The van der Waals surface area contributed by atoms with Gasteiger partial charge in [-0.3, -0.25) is 0 Å². The Morgan fingerprint density at radius 2 is 1.91 bits per heavy atom. The molecule has 0 heterocycles. The van der Waals surface area contributed by atoms with Gasteiger partial charge in [-0.05, 0) is 12.1 Å². The summed E-state index contributed by atoms with van der Waals surface area (Å²) in [5.41, 5.74) is 0.545. The number of amides is 1. The Labute approximate surface area is 69.8 Å². The molecule has 0 spiro atoms. The molecule has 0 fully saturated rings. The Balaban J connectivity index is 2.85. The predicted molar refractivity (Wildman–Crippen MR) is 45.9 cm³/mol. The second-order valence-electron chi connectivity index (χ2n) is 1.93. The van der Waals surface area contributed by atoms with Crippen molar-refractivity contribution in [1.29, 1.82) is 0 Å². The zero-order valence-corrected chi connectivity index (χ0v) is 6.53. The van der Waals surface area contributed by atoms with E-state index in [2.05, 4.69) is 12.8 Å². The molecule has 4 heteroatoms. The summed E-state index contributed by atoms with van der Waals surface area (Å²) in [4.78, 5) is 10.3. The fraction of sp³-hybridized carbons (Fsp3) is 0. The van der Waals surface area contributed by atoms with E-state index in [0.717, 1.165) is 4.31 Å². The van der Waals surface area contributed by atoms with E-state index >= 15 is 0 Å². The number of nitrogens with zero attached hydrogens (tertiary/aromatic N) is 1. The van der Waals surface area contributed by atoms with Crippen molar-refractivity contribution in [3.63, 3.8) is 0 Å². The number of carboxylic acid groups (broad SMARTS) is 1. The maximum Gasteiger partial charge on any atom is 0.421 e. The van der Waals surface area contributed by atoms with Crippen molar-refractivity contribution in [2.24, 2.45) is 0 Å². The van der Waals surface area contributed by atoms with Crippen LogP contribution in [-0.2, 0) is 0 Å². The Morgan fingerprint density at radius 1 is 1.36 bits per heavy atom. The standard InChI is InChI=1S/C7H7NO2S/c9-7(10)8(11)6-4-2-1-3-5-6/h1-5,11H,(H,9,10). The van der Waals surface area contributed by atoms with Gasteiger partial charge < -0.3 is 5.11 Å². The molecule has 0 aliphatic rings. The summed E-state index contributed by atoms with van der Waals surface area (Å²) in [6, 6.07) is 8.65. The summed E-state index contributed by atoms with van der Waals surface area (Å²) in [5, 5.41) is 8.48. The summed E-state index contributed by atoms with van der Waals surface area (Å²) in [6.45, 7) is 0. The van der Waals surface area contributed by atoms with E-state index in [-0.39, 0.29) is 0 Å². The number of benzene rings is 1. The number of rotatable bonds is 1. The highest BCUT2D eigenvalue weighted by Gasteiger charge is 2.07. The summed E-state index contributed by atoms with van der Waals surface area (Å²) in [6.07, 6.45) is -1.08. The van der Waals surface area contributed by atoms with Crippen molar-refractivity contribution in [2.75, 3.05) is 4.31 Å². The Morgan fingerprint density at radius 3 is 2.36 bits per heavy atom. The molecule has 58 valence electrons. The maximum absolute atomic E-state index is 10.3. The average molecular weight is 169 g/mol. The first-order valence-electron chi connectivity index (χ1n) is 2.99. The van der Waals surface area contributed by atoms with Crippen LogP contribution >= 0.6 is 12.8 Å². The van der Waals surface area contributed by atoms with Crippen LogP contribution in [0.3, 0.4) is 0 Å². The van der Waals surface area contributed by atoms with Crippen molar-refractivity contribution in [3.8, 4) is 0 Å². The zero-order valence-electron chi connectivity index (χ0n) is 5.64. The highest BCUT2D eigenvalue weighted by molar-refractivity contribution is 7.82. The monoisotopic (exact) mass is 169 g/mol. The smallest absolute Gasteiger partial charge is 0.421 e. The maximum atomic E-state index is 10.3. The number of hydrogen-bond acceptors (Lipinski definition) is 2. The number of anilines is 1. The van der Waals surface area contributed by atoms with E-state index < -0.39 is 6.09 Å². The van der Waals surface area contributed by atoms with E-state index in [1.807, 2.05) is 6.07 Å². The van der Waals surface area contributed by atoms with E-state index in [0.29, 0.717) is 5.69 Å². The van der Waals surface area contributed by atoms with E-state index in [4.69, 9.17) is 5.11 Å². The van der Waals surface area contributed by atoms with Gasteiger partial charge >= 0.3 is 6.09 Å². The van der Waals surface area contributed by atoms with Gasteiger partial charge in [-0.1, -0.05) is 31.0 Å². The van der Waals surface area contributed by atoms with Crippen LogP contribution in [-0.4, -0.2) is 11.2 Å². The van der Waals surface area contributed by atoms with Crippen molar-refractivity contribution in [1.82, 2.24) is 0 Å². The van der Waals surface area contributed by atoms with Crippen LogP contribution in [0.15, 0.2) is 30.3 Å². The summed E-state index contributed by atoms with van der Waals surface area (Å²) in [7, 11) is 0. The lowest BCUT2D eigenvalue weighted by atomic mass is 10.3. The molecular formula is C7H7NO2S. The van der Waals surface area contributed by atoms with Gasteiger partial charge in [0.2, 0.25) is 0 Å². The topological polar surface area (TPSA) is 40.5 Å². The molecule has 0 aliphatic carbocycles. The molecule has 0 radical (unpaired) electrons. The molecular weight excluding hydrogens is 162 g/mol. The average Bonchev–Trinajstić information content (AvgIpc) is 2.05. The van der Waals surface area contributed by atoms with E-state index in [1.165, 1.54) is 0 Å². The van der Waals surface area contributed by atoms with Crippen LogP contribution in [0.2, 0.25) is 0 Å². The van der Waals surface area contributed by atoms with Gasteiger partial charge in [0.1, 0.15) is 0 Å². The lowest BCUT2D eigenvalue weighted by Crippen LogP contribution is -2.17. The number of hydrogen-bond donors (Lipinski definition) is 2. The first-order chi connectivity index (χ1) is 5.22. The Hall–Kier alpha value is -1.16. The minimum absolute atomic E-state index is 0.545. The molecule has 1 amide bonds. The van der Waals surface area contributed by atoms with Crippen LogP contribution in [0.1, 0.15) is 0 Å². The number of para-hydroxylation sites is 1. The third kappa shape index (κ3) is 1.88. The fourth-order valence-corrected chi connectivity index (χ4v) is 0.813. The number of thiol groups is 1. The molecule has 1 N–H and O–H groups in total. The van der Waals surface area contributed by atoms with Gasteiger partial charge in [0.15, 0.2) is 0 Å². The Kier molecular flexibility index (Phi) is 2.38. The molecule has 0 aliphatic heterocycles. The van der Waals surface area contributed by atoms with Gasteiger partial charge in [0.25, 0.3) is 0 Å². The summed E-state index contributed by atoms with van der Waals surface area (Å²) < 4.78 is 0.861. The van der Waals surface area contributed by atoms with Crippen LogP contribution in [0.25, 0.3) is 0 Å². The van der Waals surface area contributed by atoms with Crippen molar-refractivity contribution in [3.05, 3.63) is 30.3 Å². The van der Waals surface area contributed by atoms with Crippen molar-refractivity contribution in [2.45, 2.75) is 0 Å². The van der Waals surface area contributed by atoms with Gasteiger partial charge in [-0.15, -0.1) is 0 Å². The van der Waals surface area contributed by atoms with Crippen LogP contribution in [0.4, 0.5) is 10.5 Å². The van der Waals surface area contributed by atoms with Crippen molar-refractivity contribution < 1.29 is 9.90 Å². The van der Waals surface area contributed by atoms with E-state index in [9.17, 15) is 4.79 Å². The highest BCUT2D eigenvalue weighted by atomic mass is 32.1. The molecule has 0 saturated carbocycles. The lowest BCUT2D eigenvalue weighted by Gasteiger charge is -2.09. The van der Waals surface area contributed by atoms with Gasteiger partial charge in [0.05, 0.1) is 5.69 Å². The second kappa shape index (κ2) is 3.30. The molecule has 1 aromatic carbocycles. The van der Waals surface area contributed by atoms with Crippen molar-refractivity contribution >= 4 is 24.6 Å². The minimum Gasteiger partial charge on any atom is -0.464 e. The van der Waals surface area contributed by atoms with Gasteiger partial charge in [0, 0.05) is 0 Å². The Bertz CT molecular complexity index is 250. The fourth-order valence-electron chi connectivity index (χ4n) is 0.680. The predicted octanol–water partition coefficient (Wildman–Crippen LogP) is 2.02. The lowest BCUT2D eigenvalue weighted by molar-refractivity contribution is 0.206. The third-order valence-electron chi connectivity index (χ3n) is 1.18. The molecule has 0 bridgehead atoms. The molecule has 1 aromatic rings. The quantitative estimate of drug-likeness (QED) is 0.631. The summed E-state index contributed by atoms with van der Waals surface area (Å²) >= 11 is 3.75. The molecule has 0 saturated heterocycles. The highest BCUT2D eigenvalue weighted by Crippen LogP contribution is 2.14. The normalized spacial score (nSPS) is 9.18. The SMILES string of the molecule is O=C(O)N(S)c1ccccc1. The van der Waals surface area contributed by atoms with Crippen LogP contribution in [0, 0.1) is 0 Å². The largest absolute Gasteiger partial charge is 0.464 e. The van der Waals surface area contributed by atoms with Gasteiger partial charge in [-0.2, -0.15) is 0 Å². The third-order valence-corrected chi connectivity index (χ3v) is 1.58. The molecule has 1 rings (SSSR count). The van der Waals surface area contributed by atoms with E-state index in [1.54, 1.807) is 24.3 Å². The molecule has 11 heavy (non-hydrogen) atoms. The molecule has 0 atom stereocenters.